The first-order valence-electron chi connectivity index (χ1n) is 11.5. The van der Waals surface area contributed by atoms with Gasteiger partial charge in [-0.05, 0) is 73.9 Å². The molecule has 184 valence electrons. The average molecular weight is 495 g/mol. The van der Waals surface area contributed by atoms with Crippen LogP contribution in [0.3, 0.4) is 0 Å². The van der Waals surface area contributed by atoms with Gasteiger partial charge in [-0.25, -0.2) is 13.1 Å². The van der Waals surface area contributed by atoms with Gasteiger partial charge in [-0.15, -0.1) is 0 Å². The molecule has 0 bridgehead atoms. The summed E-state index contributed by atoms with van der Waals surface area (Å²) in [5.74, 6) is -0.325. The van der Waals surface area contributed by atoms with Crippen LogP contribution in [0, 0.1) is 0 Å². The summed E-state index contributed by atoms with van der Waals surface area (Å²) in [4.78, 5) is 17.1. The van der Waals surface area contributed by atoms with E-state index in [0.717, 1.165) is 17.7 Å². The zero-order chi connectivity index (χ0) is 25.2. The van der Waals surface area contributed by atoms with Crippen molar-refractivity contribution < 1.29 is 18.3 Å². The largest absolute Gasteiger partial charge is 0.389 e. The van der Waals surface area contributed by atoms with Gasteiger partial charge in [0.1, 0.15) is 0 Å². The lowest BCUT2D eigenvalue weighted by atomic mass is 9.82. The minimum Gasteiger partial charge on any atom is -0.389 e. The van der Waals surface area contributed by atoms with E-state index >= 15 is 0 Å². The number of fused-ring (bicyclic) bond motifs is 1. The van der Waals surface area contributed by atoms with Crippen LogP contribution >= 0.6 is 0 Å². The summed E-state index contributed by atoms with van der Waals surface area (Å²) in [6.07, 6.45) is 1.36. The highest BCUT2D eigenvalue weighted by molar-refractivity contribution is 7.89. The number of nitrogens with one attached hydrogen (secondary N) is 3. The Morgan fingerprint density at radius 2 is 1.86 bits per heavy atom. The van der Waals surface area contributed by atoms with Gasteiger partial charge in [0.15, 0.2) is 0 Å². The fourth-order valence-electron chi connectivity index (χ4n) is 4.13. The van der Waals surface area contributed by atoms with Gasteiger partial charge < -0.3 is 15.7 Å². The van der Waals surface area contributed by atoms with Crippen molar-refractivity contribution in [2.24, 2.45) is 0 Å². The number of aryl methyl sites for hydroxylation is 1. The van der Waals surface area contributed by atoms with Crippen LogP contribution < -0.4 is 15.4 Å². The van der Waals surface area contributed by atoms with Gasteiger partial charge in [0.05, 0.1) is 34.8 Å². The van der Waals surface area contributed by atoms with Crippen LogP contribution in [-0.4, -0.2) is 36.1 Å². The molecule has 0 radical (unpaired) electrons. The van der Waals surface area contributed by atoms with E-state index in [2.05, 4.69) is 20.3 Å². The fourth-order valence-corrected chi connectivity index (χ4v) is 5.35. The van der Waals surface area contributed by atoms with Crippen molar-refractivity contribution in [3.8, 4) is 0 Å². The summed E-state index contributed by atoms with van der Waals surface area (Å²) in [5, 5.41) is 17.2. The number of pyridine rings is 1. The molecule has 0 aliphatic carbocycles. The van der Waals surface area contributed by atoms with E-state index in [1.165, 1.54) is 0 Å². The van der Waals surface area contributed by atoms with Gasteiger partial charge in [0, 0.05) is 17.4 Å². The first kappa shape index (κ1) is 24.8. The Bertz CT molecular complexity index is 1310. The summed E-state index contributed by atoms with van der Waals surface area (Å²) >= 11 is 0. The summed E-state index contributed by atoms with van der Waals surface area (Å²) in [6.45, 7) is 5.85. The number of nitrogens with zero attached hydrogens (tertiary/aromatic N) is 1. The van der Waals surface area contributed by atoms with Crippen molar-refractivity contribution >= 4 is 21.6 Å². The molecule has 0 unspecified atom stereocenters. The quantitative estimate of drug-likeness (QED) is 0.401. The van der Waals surface area contributed by atoms with Gasteiger partial charge in [0.2, 0.25) is 10.0 Å². The second-order valence-electron chi connectivity index (χ2n) is 9.19. The van der Waals surface area contributed by atoms with E-state index < -0.39 is 27.7 Å². The third kappa shape index (κ3) is 5.37. The molecule has 1 aliphatic rings. The summed E-state index contributed by atoms with van der Waals surface area (Å²) in [7, 11) is -3.94. The van der Waals surface area contributed by atoms with Crippen LogP contribution in [0.4, 0.5) is 5.69 Å². The molecule has 4 N–H and O–H groups in total. The average Bonchev–Trinajstić information content (AvgIpc) is 2.85. The van der Waals surface area contributed by atoms with E-state index in [0.29, 0.717) is 16.8 Å². The smallest absolute Gasteiger partial charge is 0.251 e. The van der Waals surface area contributed by atoms with Crippen molar-refractivity contribution in [2.75, 3.05) is 5.32 Å². The summed E-state index contributed by atoms with van der Waals surface area (Å²) in [5.41, 5.74) is 2.43. The molecule has 8 nitrogen and oxygen atoms in total. The van der Waals surface area contributed by atoms with Gasteiger partial charge >= 0.3 is 0 Å². The zero-order valence-electron chi connectivity index (χ0n) is 19.9. The van der Waals surface area contributed by atoms with Crippen LogP contribution in [0.25, 0.3) is 0 Å². The molecule has 1 aromatic heterocycles. The molecule has 0 fully saturated rings. The van der Waals surface area contributed by atoms with Crippen LogP contribution in [0.1, 0.15) is 54.0 Å². The van der Waals surface area contributed by atoms with Gasteiger partial charge in [-0.3, -0.25) is 9.78 Å². The molecule has 1 amide bonds. The van der Waals surface area contributed by atoms with E-state index in [1.807, 2.05) is 19.1 Å². The van der Waals surface area contributed by atoms with Crippen molar-refractivity contribution in [2.45, 2.75) is 56.3 Å². The molecule has 3 aromatic rings. The van der Waals surface area contributed by atoms with Crippen LogP contribution in [0.5, 0.6) is 0 Å². The molecule has 9 heteroatoms. The van der Waals surface area contributed by atoms with Crippen LogP contribution in [-0.2, 0) is 23.0 Å². The maximum Gasteiger partial charge on any atom is 0.251 e. The number of rotatable bonds is 7. The molecule has 0 spiro atoms. The Morgan fingerprint density at radius 1 is 1.11 bits per heavy atom. The number of anilines is 1. The van der Waals surface area contributed by atoms with Crippen LogP contribution in [0.2, 0.25) is 0 Å². The van der Waals surface area contributed by atoms with Crippen molar-refractivity contribution in [1.82, 2.24) is 15.0 Å². The number of aromatic nitrogens is 1. The second kappa shape index (κ2) is 9.77. The first-order valence-corrected chi connectivity index (χ1v) is 13.0. The zero-order valence-corrected chi connectivity index (χ0v) is 20.8. The molecular weight excluding hydrogens is 464 g/mol. The third-order valence-corrected chi connectivity index (χ3v) is 7.70. The Kier molecular flexibility index (Phi) is 6.93. The minimum absolute atomic E-state index is 0.115. The summed E-state index contributed by atoms with van der Waals surface area (Å²) in [6, 6.07) is 16.2. The molecule has 0 saturated carbocycles. The Balaban J connectivity index is 1.63. The van der Waals surface area contributed by atoms with Crippen molar-refractivity contribution in [3.05, 3.63) is 89.2 Å². The van der Waals surface area contributed by atoms with Crippen LogP contribution in [0.15, 0.2) is 71.8 Å². The van der Waals surface area contributed by atoms with Gasteiger partial charge in [0.25, 0.3) is 5.91 Å². The number of aliphatic hydroxyl groups excluding tert-OH is 1. The first-order chi connectivity index (χ1) is 16.6. The monoisotopic (exact) mass is 494 g/mol. The molecule has 1 aliphatic heterocycles. The van der Waals surface area contributed by atoms with Crippen molar-refractivity contribution in [3.63, 3.8) is 0 Å². The van der Waals surface area contributed by atoms with Gasteiger partial charge in [-0.2, -0.15) is 0 Å². The Hall–Kier alpha value is -3.27. The highest BCUT2D eigenvalue weighted by Crippen LogP contribution is 2.39. The normalized spacial score (nSPS) is 18.9. The number of aliphatic hydroxyl groups is 1. The fraction of sp³-hybridized carbons (Fsp3) is 0.308. The summed E-state index contributed by atoms with van der Waals surface area (Å²) < 4.78 is 29.1. The third-order valence-electron chi connectivity index (χ3n) is 6.24. The number of benzene rings is 2. The second-order valence-corrected chi connectivity index (χ2v) is 10.9. The molecule has 0 saturated heterocycles. The number of carbonyl (C=O) groups excluding carboxylic acids is 1. The van der Waals surface area contributed by atoms with Gasteiger partial charge in [-0.1, -0.05) is 25.1 Å². The number of hydrogen-bond donors (Lipinski definition) is 4. The lowest BCUT2D eigenvalue weighted by molar-refractivity contribution is 0.0769. The maximum atomic E-state index is 13.2. The molecule has 2 atom stereocenters. The van der Waals surface area contributed by atoms with E-state index in [9.17, 15) is 18.3 Å². The predicted molar refractivity (Wildman–Crippen MR) is 134 cm³/mol. The van der Waals surface area contributed by atoms with Crippen molar-refractivity contribution in [1.29, 1.82) is 0 Å². The topological polar surface area (TPSA) is 120 Å². The molecule has 35 heavy (non-hydrogen) atoms. The Morgan fingerprint density at radius 3 is 2.51 bits per heavy atom. The lowest BCUT2D eigenvalue weighted by Gasteiger charge is -2.43. The highest BCUT2D eigenvalue weighted by atomic mass is 32.2. The number of carbonyl (C=O) groups is 1. The highest BCUT2D eigenvalue weighted by Gasteiger charge is 2.43. The molecule has 2 heterocycles. The molecule has 2 aromatic carbocycles. The minimum atomic E-state index is -3.94. The Labute approximate surface area is 205 Å². The predicted octanol–water partition coefficient (Wildman–Crippen LogP) is 3.16. The van der Waals surface area contributed by atoms with E-state index in [4.69, 9.17) is 0 Å². The lowest BCUT2D eigenvalue weighted by Crippen LogP contribution is -2.54. The standard InChI is InChI=1S/C26H30N4O4S/c1-4-17-8-11-20(12-9-17)35(33,34)30-23-21-15-18(10-13-22(21)29-26(2,3)24(23)31)25(32)28-16-19-7-5-6-14-27-19/h5-15,23-24,29-31H,4,16H2,1-3H3,(H,28,32)/t23-,24+/m1/s1. The maximum absolute atomic E-state index is 13.2. The number of amides is 1. The molecule has 4 rings (SSSR count). The SMILES string of the molecule is CCc1ccc(S(=O)(=O)N[C@@H]2c3cc(C(=O)NCc4ccccn4)ccc3NC(C)(C)[C@H]2O)cc1. The molecular formula is C26H30N4O4S. The number of sulfonamides is 1. The van der Waals surface area contributed by atoms with E-state index in [-0.39, 0.29) is 17.3 Å². The van der Waals surface area contributed by atoms with E-state index in [1.54, 1.807) is 68.6 Å². The number of hydrogen-bond acceptors (Lipinski definition) is 6.